The minimum atomic E-state index is -0.543. The largest absolute Gasteiger partial charge is 0.445 e. The van der Waals surface area contributed by atoms with Gasteiger partial charge in [0.1, 0.15) is 6.61 Å². The second-order valence-corrected chi connectivity index (χ2v) is 9.99. The van der Waals surface area contributed by atoms with Crippen molar-refractivity contribution < 1.29 is 24.1 Å². The first-order chi connectivity index (χ1) is 19.0. The molecular formula is C32H38N2O5. The van der Waals surface area contributed by atoms with Crippen LogP contribution in [0.1, 0.15) is 47.1 Å². The number of carbonyl (C=O) groups is 1. The number of aliphatic hydroxyl groups is 1. The minimum Gasteiger partial charge on any atom is -0.445 e. The Morgan fingerprint density at radius 2 is 1.64 bits per heavy atom. The van der Waals surface area contributed by atoms with E-state index in [0.717, 1.165) is 35.3 Å². The van der Waals surface area contributed by atoms with Gasteiger partial charge in [-0.3, -0.25) is 4.90 Å². The average Bonchev–Trinajstić information content (AvgIpc) is 2.97. The molecule has 4 rings (SSSR count). The fourth-order valence-electron chi connectivity index (χ4n) is 4.75. The Kier molecular flexibility index (Phi) is 10.3. The lowest BCUT2D eigenvalue weighted by Crippen LogP contribution is -2.43. The first kappa shape index (κ1) is 28.5. The molecule has 0 aromatic heterocycles. The van der Waals surface area contributed by atoms with Crippen molar-refractivity contribution in [1.29, 1.82) is 0 Å². The molecule has 0 unspecified atom stereocenters. The maximum absolute atomic E-state index is 11.7. The molecule has 2 N–H and O–H groups in total. The van der Waals surface area contributed by atoms with Gasteiger partial charge in [-0.1, -0.05) is 98.4 Å². The fourth-order valence-corrected chi connectivity index (χ4v) is 4.75. The Morgan fingerprint density at radius 1 is 0.974 bits per heavy atom. The number of hydrogen-bond donors (Lipinski definition) is 2. The van der Waals surface area contributed by atoms with E-state index in [4.69, 9.17) is 14.2 Å². The van der Waals surface area contributed by atoms with Gasteiger partial charge in [0.2, 0.25) is 0 Å². The Labute approximate surface area is 231 Å². The third-order valence-electron chi connectivity index (χ3n) is 6.93. The zero-order valence-corrected chi connectivity index (χ0v) is 22.7. The van der Waals surface area contributed by atoms with E-state index in [1.165, 1.54) is 11.6 Å². The van der Waals surface area contributed by atoms with Crippen LogP contribution in [0.4, 0.5) is 4.79 Å². The van der Waals surface area contributed by atoms with E-state index in [0.29, 0.717) is 6.54 Å². The van der Waals surface area contributed by atoms with Crippen molar-refractivity contribution in [3.63, 3.8) is 0 Å². The summed E-state index contributed by atoms with van der Waals surface area (Å²) in [5, 5.41) is 12.2. The van der Waals surface area contributed by atoms with Crippen LogP contribution in [-0.2, 0) is 33.9 Å². The Morgan fingerprint density at radius 3 is 2.31 bits per heavy atom. The number of rotatable bonds is 11. The monoisotopic (exact) mass is 530 g/mol. The number of carbonyl (C=O) groups excluding carboxylic acids is 1. The standard InChI is InChI=1S/C32H38N2O5/c1-4-18-37-32(36)33-19-24-10-16-28(17-11-24)31-38-29(21-34(3)20-25-8-6-5-7-9-25)23(2)30(39-31)27-14-12-26(22-35)13-15-27/h4-17,23,29-31,35H,1,18-22H2,2-3H3,(H,33,36)/t23-,29+,30+,31+/m0/s1. The maximum Gasteiger partial charge on any atom is 0.407 e. The zero-order chi connectivity index (χ0) is 27.6. The molecule has 1 amide bonds. The molecule has 0 spiro atoms. The Bertz CT molecular complexity index is 1180. The van der Waals surface area contributed by atoms with Gasteiger partial charge in [0.15, 0.2) is 6.29 Å². The molecule has 0 radical (unpaired) electrons. The highest BCUT2D eigenvalue weighted by Crippen LogP contribution is 2.41. The molecule has 0 aliphatic carbocycles. The number of hydrogen-bond acceptors (Lipinski definition) is 6. The molecule has 3 aromatic rings. The summed E-state index contributed by atoms with van der Waals surface area (Å²) in [5.74, 6) is 0.101. The van der Waals surface area contributed by atoms with E-state index < -0.39 is 12.4 Å². The molecule has 7 heteroatoms. The van der Waals surface area contributed by atoms with Crippen molar-refractivity contribution in [3.05, 3.63) is 119 Å². The maximum atomic E-state index is 11.7. The van der Waals surface area contributed by atoms with Gasteiger partial charge in [-0.2, -0.15) is 0 Å². The molecule has 1 aliphatic heterocycles. The SMILES string of the molecule is C=CCOC(=O)NCc1ccc([C@@H]2O[C@H](CN(C)Cc3ccccc3)[C@H](C)[C@H](c3ccc(CO)cc3)O2)cc1. The summed E-state index contributed by atoms with van der Waals surface area (Å²) in [5.41, 5.74) is 5.03. The van der Waals surface area contributed by atoms with Crippen molar-refractivity contribution >= 4 is 6.09 Å². The van der Waals surface area contributed by atoms with Crippen LogP contribution in [0.5, 0.6) is 0 Å². The smallest absolute Gasteiger partial charge is 0.407 e. The third kappa shape index (κ3) is 8.00. The molecule has 1 saturated heterocycles. The van der Waals surface area contributed by atoms with E-state index in [2.05, 4.69) is 55.0 Å². The molecule has 1 heterocycles. The van der Waals surface area contributed by atoms with Crippen LogP contribution in [0.2, 0.25) is 0 Å². The van der Waals surface area contributed by atoms with E-state index in [-0.39, 0.29) is 31.3 Å². The van der Waals surface area contributed by atoms with Crippen molar-refractivity contribution in [1.82, 2.24) is 10.2 Å². The van der Waals surface area contributed by atoms with Gasteiger partial charge < -0.3 is 24.6 Å². The number of ether oxygens (including phenoxy) is 3. The van der Waals surface area contributed by atoms with Gasteiger partial charge in [0.25, 0.3) is 0 Å². The second kappa shape index (κ2) is 14.1. The van der Waals surface area contributed by atoms with Gasteiger partial charge in [-0.15, -0.1) is 0 Å². The van der Waals surface area contributed by atoms with Gasteiger partial charge >= 0.3 is 6.09 Å². The number of aliphatic hydroxyl groups excluding tert-OH is 1. The molecule has 206 valence electrons. The summed E-state index contributed by atoms with van der Waals surface area (Å²) in [6.45, 7) is 7.81. The van der Waals surface area contributed by atoms with Crippen molar-refractivity contribution in [2.45, 2.75) is 45.1 Å². The van der Waals surface area contributed by atoms with Crippen molar-refractivity contribution in [3.8, 4) is 0 Å². The van der Waals surface area contributed by atoms with Crippen LogP contribution >= 0.6 is 0 Å². The second-order valence-electron chi connectivity index (χ2n) is 9.99. The minimum absolute atomic E-state index is 0.00713. The fraction of sp³-hybridized carbons (Fsp3) is 0.344. The van der Waals surface area contributed by atoms with Gasteiger partial charge in [0, 0.05) is 31.1 Å². The van der Waals surface area contributed by atoms with E-state index >= 15 is 0 Å². The predicted octanol–water partition coefficient (Wildman–Crippen LogP) is 5.51. The number of nitrogens with one attached hydrogen (secondary N) is 1. The quantitative estimate of drug-likeness (QED) is 0.318. The van der Waals surface area contributed by atoms with Crippen molar-refractivity contribution in [2.75, 3.05) is 20.2 Å². The van der Waals surface area contributed by atoms with E-state index in [9.17, 15) is 9.90 Å². The van der Waals surface area contributed by atoms with Crippen molar-refractivity contribution in [2.24, 2.45) is 5.92 Å². The molecule has 1 fully saturated rings. The highest BCUT2D eigenvalue weighted by Gasteiger charge is 2.38. The molecule has 7 nitrogen and oxygen atoms in total. The lowest BCUT2D eigenvalue weighted by molar-refractivity contribution is -0.276. The van der Waals surface area contributed by atoms with Crippen LogP contribution in [0.3, 0.4) is 0 Å². The van der Waals surface area contributed by atoms with Gasteiger partial charge in [-0.25, -0.2) is 4.79 Å². The predicted molar refractivity (Wildman–Crippen MR) is 151 cm³/mol. The molecule has 0 saturated carbocycles. The summed E-state index contributed by atoms with van der Waals surface area (Å²) in [6, 6.07) is 26.2. The number of benzene rings is 3. The average molecular weight is 531 g/mol. The number of alkyl carbamates (subject to hydrolysis) is 1. The van der Waals surface area contributed by atoms with Crippen LogP contribution < -0.4 is 5.32 Å². The van der Waals surface area contributed by atoms with Crippen LogP contribution in [0, 0.1) is 5.92 Å². The topological polar surface area (TPSA) is 80.3 Å². The molecular weight excluding hydrogens is 492 g/mol. The number of nitrogens with zero attached hydrogens (tertiary/aromatic N) is 1. The highest BCUT2D eigenvalue weighted by molar-refractivity contribution is 5.67. The lowest BCUT2D eigenvalue weighted by atomic mass is 9.90. The summed E-state index contributed by atoms with van der Waals surface area (Å²) < 4.78 is 18.1. The van der Waals surface area contributed by atoms with Crippen LogP contribution in [0.15, 0.2) is 91.5 Å². The Hall–Kier alpha value is -3.49. The summed E-state index contributed by atoms with van der Waals surface area (Å²) >= 11 is 0. The first-order valence-electron chi connectivity index (χ1n) is 13.3. The van der Waals surface area contributed by atoms with E-state index in [1.807, 2.05) is 54.6 Å². The molecule has 1 aliphatic rings. The van der Waals surface area contributed by atoms with Crippen LogP contribution in [0.25, 0.3) is 0 Å². The zero-order valence-electron chi connectivity index (χ0n) is 22.7. The summed E-state index contributed by atoms with van der Waals surface area (Å²) in [7, 11) is 2.11. The summed E-state index contributed by atoms with van der Waals surface area (Å²) in [6.07, 6.45) is 0.261. The van der Waals surface area contributed by atoms with Gasteiger partial charge in [-0.05, 0) is 29.3 Å². The Balaban J connectivity index is 1.49. The normalized spacial score (nSPS) is 20.9. The molecule has 39 heavy (non-hydrogen) atoms. The van der Waals surface area contributed by atoms with Gasteiger partial charge in [0.05, 0.1) is 18.8 Å². The number of likely N-dealkylation sites (N-methyl/N-ethyl adjacent to an activating group) is 1. The lowest BCUT2D eigenvalue weighted by Gasteiger charge is -2.42. The third-order valence-corrected chi connectivity index (χ3v) is 6.93. The molecule has 0 bridgehead atoms. The van der Waals surface area contributed by atoms with E-state index in [1.54, 1.807) is 0 Å². The van der Waals surface area contributed by atoms with Crippen LogP contribution in [-0.4, -0.2) is 42.4 Å². The first-order valence-corrected chi connectivity index (χ1v) is 13.3. The molecule has 3 aromatic carbocycles. The highest BCUT2D eigenvalue weighted by atomic mass is 16.7. The molecule has 4 atom stereocenters. The number of amides is 1. The summed E-state index contributed by atoms with van der Waals surface area (Å²) in [4.78, 5) is 14.0.